The van der Waals surface area contributed by atoms with Crippen molar-refractivity contribution >= 4 is 17.7 Å². The van der Waals surface area contributed by atoms with Gasteiger partial charge in [-0.3, -0.25) is 4.79 Å². The number of fused-ring (bicyclic) bond motifs is 3. The van der Waals surface area contributed by atoms with Crippen LogP contribution in [0.2, 0.25) is 0 Å². The first-order valence-electron chi connectivity index (χ1n) is 10.6. The number of Topliss-reactive ketones (excluding diaryl/α,β-unsaturated/α-hetero) is 2. The van der Waals surface area contributed by atoms with Gasteiger partial charge in [0.2, 0.25) is 0 Å². The molecule has 5 nitrogen and oxygen atoms in total. The van der Waals surface area contributed by atoms with E-state index in [1.54, 1.807) is 0 Å². The van der Waals surface area contributed by atoms with Gasteiger partial charge >= 0.3 is 6.16 Å². The molecule has 0 fully saturated rings. The molecule has 0 aliphatic heterocycles. The van der Waals surface area contributed by atoms with Crippen molar-refractivity contribution in [3.63, 3.8) is 0 Å². The number of hydrogen-bond acceptors (Lipinski definition) is 5. The van der Waals surface area contributed by atoms with Crippen LogP contribution in [-0.4, -0.2) is 31.4 Å². The Morgan fingerprint density at radius 3 is 2.33 bits per heavy atom. The highest BCUT2D eigenvalue weighted by molar-refractivity contribution is 5.86. The highest BCUT2D eigenvalue weighted by Gasteiger charge is 2.39. The number of hydrogen-bond donors (Lipinski definition) is 0. The van der Waals surface area contributed by atoms with E-state index in [0.717, 1.165) is 6.42 Å². The Labute approximate surface area is 179 Å². The number of allylic oxidation sites excluding steroid dienone is 4. The summed E-state index contributed by atoms with van der Waals surface area (Å²) in [7, 11) is 1.33. The molecule has 0 saturated carbocycles. The van der Waals surface area contributed by atoms with Gasteiger partial charge in [0.05, 0.1) is 7.11 Å². The largest absolute Gasteiger partial charge is 0.507 e. The molecule has 0 aromatic heterocycles. The van der Waals surface area contributed by atoms with Crippen LogP contribution in [-0.2, 0) is 19.1 Å². The Hall–Kier alpha value is -2.69. The normalized spacial score (nSPS) is 21.5. The number of rotatable bonds is 7. The minimum Gasteiger partial charge on any atom is -0.438 e. The third-order valence-corrected chi connectivity index (χ3v) is 5.83. The van der Waals surface area contributed by atoms with Crippen molar-refractivity contribution < 1.29 is 23.9 Å². The molecule has 1 aromatic carbocycles. The lowest BCUT2D eigenvalue weighted by Gasteiger charge is -2.22. The van der Waals surface area contributed by atoms with Gasteiger partial charge in [0, 0.05) is 30.6 Å². The van der Waals surface area contributed by atoms with Crippen molar-refractivity contribution in [3.8, 4) is 0 Å². The predicted octanol–water partition coefficient (Wildman–Crippen LogP) is 5.36. The van der Waals surface area contributed by atoms with E-state index in [4.69, 9.17) is 4.74 Å². The molecule has 30 heavy (non-hydrogen) atoms. The lowest BCUT2D eigenvalue weighted by molar-refractivity contribution is -0.125. The van der Waals surface area contributed by atoms with E-state index in [9.17, 15) is 14.4 Å². The second-order valence-electron chi connectivity index (χ2n) is 7.85. The van der Waals surface area contributed by atoms with Gasteiger partial charge < -0.3 is 14.3 Å². The van der Waals surface area contributed by atoms with Gasteiger partial charge in [-0.1, -0.05) is 62.4 Å². The fourth-order valence-corrected chi connectivity index (χ4v) is 3.87. The second-order valence-corrected chi connectivity index (χ2v) is 7.85. The predicted molar refractivity (Wildman–Crippen MR) is 116 cm³/mol. The molecule has 2 aliphatic rings. The monoisotopic (exact) mass is 412 g/mol. The maximum Gasteiger partial charge on any atom is 0.507 e. The number of carbonyl (C=O) groups is 3. The summed E-state index contributed by atoms with van der Waals surface area (Å²) in [5.41, 5.74) is 2.61. The van der Waals surface area contributed by atoms with Gasteiger partial charge in [0.1, 0.15) is 18.2 Å². The lowest BCUT2D eigenvalue weighted by atomic mass is 9.84. The Kier molecular flexibility index (Phi) is 9.03. The van der Waals surface area contributed by atoms with Crippen LogP contribution in [0, 0.1) is 11.8 Å². The number of benzene rings is 1. The number of carbonyl (C=O) groups excluding carboxylic acids is 3. The molecule has 4 atom stereocenters. The molecular formula is C25H32O5. The number of ether oxygens (including phenoxy) is 2. The van der Waals surface area contributed by atoms with E-state index in [2.05, 4.69) is 47.2 Å². The van der Waals surface area contributed by atoms with Crippen LogP contribution in [0.3, 0.4) is 0 Å². The molecule has 0 radical (unpaired) electrons. The summed E-state index contributed by atoms with van der Waals surface area (Å²) in [6.07, 6.45) is 9.66. The third kappa shape index (κ3) is 6.15. The number of methoxy groups -OCH3 is 1. The summed E-state index contributed by atoms with van der Waals surface area (Å²) in [6, 6.07) is 8.38. The Bertz CT molecular complexity index is 808. The van der Waals surface area contributed by atoms with Gasteiger partial charge in [-0.05, 0) is 30.4 Å². The fraction of sp³-hybridized carbons (Fsp3) is 0.480. The molecular weight excluding hydrogens is 380 g/mol. The van der Waals surface area contributed by atoms with E-state index in [1.165, 1.54) is 25.2 Å². The molecule has 4 unspecified atom stereocenters. The van der Waals surface area contributed by atoms with Crippen LogP contribution >= 0.6 is 0 Å². The van der Waals surface area contributed by atoms with E-state index in [-0.39, 0.29) is 23.4 Å². The van der Waals surface area contributed by atoms with Gasteiger partial charge in [-0.25, -0.2) is 4.79 Å². The molecule has 0 N–H and O–H groups in total. The highest BCUT2D eigenvalue weighted by atomic mass is 16.7. The molecule has 0 saturated heterocycles. The third-order valence-electron chi connectivity index (χ3n) is 5.83. The molecule has 162 valence electrons. The molecule has 0 amide bonds. The summed E-state index contributed by atoms with van der Waals surface area (Å²) in [5.74, 6) is 1.40. The van der Waals surface area contributed by atoms with E-state index >= 15 is 0 Å². The van der Waals surface area contributed by atoms with Crippen molar-refractivity contribution in [2.45, 2.75) is 51.9 Å². The van der Waals surface area contributed by atoms with Crippen molar-refractivity contribution in [2.75, 3.05) is 13.7 Å². The van der Waals surface area contributed by atoms with E-state index in [1.807, 2.05) is 19.9 Å². The first-order valence-corrected chi connectivity index (χ1v) is 10.6. The molecule has 5 heteroatoms. The maximum atomic E-state index is 11.2. The molecule has 2 aliphatic carbocycles. The summed E-state index contributed by atoms with van der Waals surface area (Å²) < 4.78 is 9.70. The summed E-state index contributed by atoms with van der Waals surface area (Å²) in [4.78, 5) is 32.8. The maximum absolute atomic E-state index is 11.2. The van der Waals surface area contributed by atoms with Gasteiger partial charge in [-0.2, -0.15) is 0 Å². The summed E-state index contributed by atoms with van der Waals surface area (Å²) >= 11 is 0. The molecule has 0 heterocycles. The molecule has 1 aromatic rings. The smallest absolute Gasteiger partial charge is 0.438 e. The molecule has 3 rings (SSSR count). The fourth-order valence-electron chi connectivity index (χ4n) is 3.87. The van der Waals surface area contributed by atoms with Crippen LogP contribution in [0.25, 0.3) is 0 Å². The van der Waals surface area contributed by atoms with Crippen LogP contribution in [0.4, 0.5) is 4.79 Å². The van der Waals surface area contributed by atoms with Crippen molar-refractivity contribution in [1.29, 1.82) is 0 Å². The average Bonchev–Trinajstić information content (AvgIpc) is 3.09. The quantitative estimate of drug-likeness (QED) is 0.564. The topological polar surface area (TPSA) is 69.7 Å². The average molecular weight is 413 g/mol. The number of ketones is 2. The minimum absolute atomic E-state index is 0.0988. The zero-order chi connectivity index (χ0) is 22.1. The van der Waals surface area contributed by atoms with E-state index in [0.29, 0.717) is 31.3 Å². The van der Waals surface area contributed by atoms with Crippen LogP contribution in [0.15, 0.2) is 48.6 Å². The van der Waals surface area contributed by atoms with Crippen LogP contribution in [0.5, 0.6) is 0 Å². The van der Waals surface area contributed by atoms with Gasteiger partial charge in [-0.15, -0.1) is 0 Å². The zero-order valence-corrected chi connectivity index (χ0v) is 18.3. The SMILES string of the molecule is CCC(C)C(=O)CCC(C)=O.COC(=O)OCC1c2ccccc2C2C=CC=CC21. The van der Waals surface area contributed by atoms with Gasteiger partial charge in [0.25, 0.3) is 0 Å². The molecule has 0 bridgehead atoms. The minimum atomic E-state index is -0.615. The zero-order valence-electron chi connectivity index (χ0n) is 18.3. The van der Waals surface area contributed by atoms with Gasteiger partial charge in [0.15, 0.2) is 0 Å². The second kappa shape index (κ2) is 11.5. The standard InChI is InChI=1S/C16H16O3.C9H16O2/c1-18-16(17)19-10-15-13-8-4-2-6-11(13)12-7-3-5-9-14(12)15;1-4-7(2)9(11)6-5-8(3)10/h2-9,11,13,15H,10H2,1H3;7H,4-6H2,1-3H3. The lowest BCUT2D eigenvalue weighted by Crippen LogP contribution is -2.18. The summed E-state index contributed by atoms with van der Waals surface area (Å²) in [5, 5.41) is 0. The Balaban J connectivity index is 0.000000252. The van der Waals surface area contributed by atoms with Crippen molar-refractivity contribution in [3.05, 3.63) is 59.7 Å². The molecule has 0 spiro atoms. The van der Waals surface area contributed by atoms with E-state index < -0.39 is 6.16 Å². The Morgan fingerprint density at radius 2 is 1.70 bits per heavy atom. The summed E-state index contributed by atoms with van der Waals surface area (Å²) in [6.45, 7) is 5.77. The van der Waals surface area contributed by atoms with Crippen LogP contribution < -0.4 is 0 Å². The first-order chi connectivity index (χ1) is 14.4. The first kappa shape index (κ1) is 23.6. The Morgan fingerprint density at radius 1 is 1.03 bits per heavy atom. The van der Waals surface area contributed by atoms with Crippen LogP contribution in [0.1, 0.15) is 63.0 Å². The van der Waals surface area contributed by atoms with Crippen molar-refractivity contribution in [1.82, 2.24) is 0 Å². The highest BCUT2D eigenvalue weighted by Crippen LogP contribution is 2.49. The van der Waals surface area contributed by atoms with Crippen molar-refractivity contribution in [2.24, 2.45) is 11.8 Å².